The molecule has 0 aliphatic carbocycles. The fourth-order valence-corrected chi connectivity index (χ4v) is 3.47. The number of hydrogen-bond donors (Lipinski definition) is 1. The topological polar surface area (TPSA) is 49.4 Å². The van der Waals surface area contributed by atoms with Gasteiger partial charge in [-0.3, -0.25) is 9.59 Å². The number of carbonyl (C=O) groups is 2. The highest BCUT2D eigenvalue weighted by Gasteiger charge is 2.29. The van der Waals surface area contributed by atoms with Gasteiger partial charge in [-0.25, -0.2) is 4.39 Å². The number of carbonyl (C=O) groups excluding carboxylic acids is 2. The summed E-state index contributed by atoms with van der Waals surface area (Å²) in [5.74, 6) is -0.736. The molecule has 1 atom stereocenters. The summed E-state index contributed by atoms with van der Waals surface area (Å²) in [4.78, 5) is 27.4. The molecule has 1 aliphatic rings. The zero-order chi connectivity index (χ0) is 19.4. The molecule has 0 fully saturated rings. The second-order valence-corrected chi connectivity index (χ2v) is 7.44. The molecule has 0 saturated carbocycles. The smallest absolute Gasteiger partial charge is 0.252 e. The molecule has 0 spiro atoms. The van der Waals surface area contributed by atoms with Crippen molar-refractivity contribution in [1.82, 2.24) is 10.2 Å². The average molecular weight is 368 g/mol. The van der Waals surface area contributed by atoms with Crippen LogP contribution in [0.3, 0.4) is 0 Å². The van der Waals surface area contributed by atoms with E-state index in [-0.39, 0.29) is 17.4 Å². The van der Waals surface area contributed by atoms with E-state index in [9.17, 15) is 14.0 Å². The Labute approximate surface area is 159 Å². The van der Waals surface area contributed by atoms with E-state index in [4.69, 9.17) is 0 Å². The second-order valence-electron chi connectivity index (χ2n) is 7.44. The van der Waals surface area contributed by atoms with Gasteiger partial charge in [0, 0.05) is 18.7 Å². The maximum atomic E-state index is 13.4. The number of amides is 2. The lowest BCUT2D eigenvalue weighted by molar-refractivity contribution is -0.134. The van der Waals surface area contributed by atoms with Gasteiger partial charge >= 0.3 is 0 Å². The first-order valence-corrected chi connectivity index (χ1v) is 9.36. The van der Waals surface area contributed by atoms with Crippen molar-refractivity contribution in [2.24, 2.45) is 5.92 Å². The maximum absolute atomic E-state index is 13.4. The summed E-state index contributed by atoms with van der Waals surface area (Å²) >= 11 is 0. The Morgan fingerprint density at radius 1 is 1.11 bits per heavy atom. The molecule has 0 bridgehead atoms. The van der Waals surface area contributed by atoms with Crippen LogP contribution in [-0.4, -0.2) is 29.3 Å². The normalized spacial score (nSPS) is 14.6. The van der Waals surface area contributed by atoms with Gasteiger partial charge in [-0.1, -0.05) is 44.2 Å². The van der Waals surface area contributed by atoms with Crippen molar-refractivity contribution >= 4 is 11.8 Å². The molecule has 0 saturated heterocycles. The molecule has 2 amide bonds. The fraction of sp³-hybridized carbons (Fsp3) is 0.364. The van der Waals surface area contributed by atoms with Crippen molar-refractivity contribution in [3.8, 4) is 0 Å². The van der Waals surface area contributed by atoms with Crippen LogP contribution in [0, 0.1) is 11.7 Å². The highest BCUT2D eigenvalue weighted by Crippen LogP contribution is 2.20. The van der Waals surface area contributed by atoms with E-state index >= 15 is 0 Å². The monoisotopic (exact) mass is 368 g/mol. The van der Waals surface area contributed by atoms with Crippen LogP contribution in [0.4, 0.5) is 4.39 Å². The summed E-state index contributed by atoms with van der Waals surface area (Å²) in [6.45, 7) is 5.22. The van der Waals surface area contributed by atoms with Crippen molar-refractivity contribution in [2.75, 3.05) is 6.54 Å². The van der Waals surface area contributed by atoms with Crippen LogP contribution in [0.15, 0.2) is 48.5 Å². The van der Waals surface area contributed by atoms with Gasteiger partial charge in [0.05, 0.1) is 0 Å². The molecule has 0 unspecified atom stereocenters. The quantitative estimate of drug-likeness (QED) is 0.877. The predicted molar refractivity (Wildman–Crippen MR) is 103 cm³/mol. The van der Waals surface area contributed by atoms with Crippen molar-refractivity contribution < 1.29 is 14.0 Å². The van der Waals surface area contributed by atoms with Crippen molar-refractivity contribution in [3.05, 3.63) is 71.0 Å². The number of hydrogen-bond acceptors (Lipinski definition) is 2. The number of nitrogens with zero attached hydrogens (tertiary/aromatic N) is 1. The summed E-state index contributed by atoms with van der Waals surface area (Å²) in [7, 11) is 0. The molecule has 27 heavy (non-hydrogen) atoms. The highest BCUT2D eigenvalue weighted by atomic mass is 19.1. The summed E-state index contributed by atoms with van der Waals surface area (Å²) in [5.41, 5.74) is 2.64. The van der Waals surface area contributed by atoms with Gasteiger partial charge in [-0.15, -0.1) is 0 Å². The third-order valence-electron chi connectivity index (χ3n) is 4.84. The summed E-state index contributed by atoms with van der Waals surface area (Å²) in [5, 5.41) is 2.82. The molecular weight excluding hydrogens is 343 g/mol. The zero-order valence-electron chi connectivity index (χ0n) is 15.7. The molecule has 4 nitrogen and oxygen atoms in total. The minimum Gasteiger partial charge on any atom is -0.340 e. The SMILES string of the molecule is CC(C)C[C@H](NC(=O)c1cccc(F)c1)C(=O)N1CCc2ccccc2C1. The molecule has 2 aromatic rings. The van der Waals surface area contributed by atoms with Crippen molar-refractivity contribution in [2.45, 2.75) is 39.3 Å². The number of benzene rings is 2. The van der Waals surface area contributed by atoms with E-state index in [0.717, 1.165) is 12.0 Å². The summed E-state index contributed by atoms with van der Waals surface area (Å²) in [6, 6.07) is 13.0. The maximum Gasteiger partial charge on any atom is 0.252 e. The lowest BCUT2D eigenvalue weighted by Crippen LogP contribution is -2.50. The van der Waals surface area contributed by atoms with E-state index < -0.39 is 17.8 Å². The molecule has 3 rings (SSSR count). The Balaban J connectivity index is 1.74. The first-order valence-electron chi connectivity index (χ1n) is 9.36. The van der Waals surface area contributed by atoms with Crippen LogP contribution < -0.4 is 5.32 Å². The Hall–Kier alpha value is -2.69. The zero-order valence-corrected chi connectivity index (χ0v) is 15.7. The Bertz CT molecular complexity index is 835. The Morgan fingerprint density at radius 3 is 2.56 bits per heavy atom. The molecule has 1 N–H and O–H groups in total. The molecule has 1 aliphatic heterocycles. The summed E-state index contributed by atoms with van der Waals surface area (Å²) < 4.78 is 13.4. The van der Waals surface area contributed by atoms with Gasteiger partial charge in [0.25, 0.3) is 5.91 Å². The van der Waals surface area contributed by atoms with Gasteiger partial charge in [0.15, 0.2) is 0 Å². The predicted octanol–water partition coefficient (Wildman–Crippen LogP) is 3.56. The Morgan fingerprint density at radius 2 is 1.85 bits per heavy atom. The van der Waals surface area contributed by atoms with Gasteiger partial charge in [0.2, 0.25) is 5.91 Å². The first-order chi connectivity index (χ1) is 12.9. The van der Waals surface area contributed by atoms with E-state index in [0.29, 0.717) is 19.5 Å². The lowest BCUT2D eigenvalue weighted by Gasteiger charge is -2.32. The minimum atomic E-state index is -0.619. The fourth-order valence-electron chi connectivity index (χ4n) is 3.47. The molecular formula is C22H25FN2O2. The first kappa shape index (κ1) is 19.1. The molecule has 5 heteroatoms. The summed E-state index contributed by atoms with van der Waals surface area (Å²) in [6.07, 6.45) is 1.35. The molecule has 0 aromatic heterocycles. The van der Waals surface area contributed by atoms with Crippen molar-refractivity contribution in [3.63, 3.8) is 0 Å². The van der Waals surface area contributed by atoms with Gasteiger partial charge < -0.3 is 10.2 Å². The van der Waals surface area contributed by atoms with Crippen LogP contribution in [-0.2, 0) is 17.8 Å². The molecule has 142 valence electrons. The average Bonchev–Trinajstić information content (AvgIpc) is 2.66. The van der Waals surface area contributed by atoms with Gasteiger partial charge in [-0.05, 0) is 48.1 Å². The standard InChI is InChI=1S/C22H25FN2O2/c1-15(2)12-20(24-21(26)17-8-5-9-19(23)13-17)22(27)25-11-10-16-6-3-4-7-18(16)14-25/h3-9,13,15,20H,10-12,14H2,1-2H3,(H,24,26)/t20-/m0/s1. The Kier molecular flexibility index (Phi) is 5.89. The molecule has 2 aromatic carbocycles. The minimum absolute atomic E-state index is 0.0806. The number of fused-ring (bicyclic) bond motifs is 1. The largest absolute Gasteiger partial charge is 0.340 e. The van der Waals surface area contributed by atoms with Crippen LogP contribution in [0.5, 0.6) is 0 Å². The van der Waals surface area contributed by atoms with Crippen LogP contribution in [0.2, 0.25) is 0 Å². The van der Waals surface area contributed by atoms with Gasteiger partial charge in [-0.2, -0.15) is 0 Å². The number of nitrogens with one attached hydrogen (secondary N) is 1. The van der Waals surface area contributed by atoms with Gasteiger partial charge in [0.1, 0.15) is 11.9 Å². The molecule has 0 radical (unpaired) electrons. The highest BCUT2D eigenvalue weighted by molar-refractivity contribution is 5.97. The van der Waals surface area contributed by atoms with Crippen LogP contribution in [0.1, 0.15) is 41.8 Å². The van der Waals surface area contributed by atoms with Crippen LogP contribution >= 0.6 is 0 Å². The third-order valence-corrected chi connectivity index (χ3v) is 4.84. The van der Waals surface area contributed by atoms with E-state index in [2.05, 4.69) is 11.4 Å². The number of halogens is 1. The van der Waals surface area contributed by atoms with Crippen LogP contribution in [0.25, 0.3) is 0 Å². The van der Waals surface area contributed by atoms with E-state index in [1.165, 1.54) is 23.8 Å². The third kappa shape index (κ3) is 4.73. The van der Waals surface area contributed by atoms with E-state index in [1.54, 1.807) is 11.0 Å². The second kappa shape index (κ2) is 8.33. The van der Waals surface area contributed by atoms with E-state index in [1.807, 2.05) is 32.0 Å². The molecule has 1 heterocycles. The number of rotatable bonds is 5. The van der Waals surface area contributed by atoms with Crippen molar-refractivity contribution in [1.29, 1.82) is 0 Å². The lowest BCUT2D eigenvalue weighted by atomic mass is 9.97.